The minimum atomic E-state index is -0.175. The zero-order valence-electron chi connectivity index (χ0n) is 8.86. The van der Waals surface area contributed by atoms with Crippen LogP contribution in [0.1, 0.15) is 50.6 Å². The average molecular weight is 199 g/mol. The molecule has 80 valence electrons. The normalized spacial score (nSPS) is 15.4. The Morgan fingerprint density at radius 1 is 1.43 bits per heavy atom. The summed E-state index contributed by atoms with van der Waals surface area (Å²) in [6.45, 7) is 3.98. The Morgan fingerprint density at radius 2 is 2.14 bits per heavy atom. The first kappa shape index (κ1) is 11.1. The highest BCUT2D eigenvalue weighted by molar-refractivity contribution is 4.94. The number of hydrogen-bond acceptors (Lipinski definition) is 5. The second-order valence-corrected chi connectivity index (χ2v) is 3.14. The molecule has 0 radical (unpaired) electrons. The lowest BCUT2D eigenvalue weighted by Crippen LogP contribution is -2.09. The molecule has 0 aliphatic carbocycles. The van der Waals surface area contributed by atoms with Gasteiger partial charge in [-0.1, -0.05) is 19.0 Å². The Labute approximate surface area is 83.6 Å². The van der Waals surface area contributed by atoms with E-state index in [4.69, 9.17) is 15.0 Å². The van der Waals surface area contributed by atoms with E-state index >= 15 is 0 Å². The summed E-state index contributed by atoms with van der Waals surface area (Å²) in [6.07, 6.45) is 1.50. The number of rotatable bonds is 5. The van der Waals surface area contributed by atoms with Gasteiger partial charge in [-0.3, -0.25) is 0 Å². The van der Waals surface area contributed by atoms with Crippen molar-refractivity contribution in [3.63, 3.8) is 0 Å². The van der Waals surface area contributed by atoms with Crippen molar-refractivity contribution in [2.75, 3.05) is 7.11 Å². The molecule has 1 heterocycles. The highest BCUT2D eigenvalue weighted by Gasteiger charge is 2.18. The van der Waals surface area contributed by atoms with Crippen molar-refractivity contribution < 1.29 is 9.26 Å². The molecule has 1 aromatic heterocycles. The van der Waals surface area contributed by atoms with Gasteiger partial charge >= 0.3 is 0 Å². The van der Waals surface area contributed by atoms with E-state index in [9.17, 15) is 0 Å². The Morgan fingerprint density at radius 3 is 2.64 bits per heavy atom. The third-order valence-electron chi connectivity index (χ3n) is 2.16. The topological polar surface area (TPSA) is 74.2 Å². The van der Waals surface area contributed by atoms with E-state index < -0.39 is 0 Å². The lowest BCUT2D eigenvalue weighted by atomic mass is 10.2. The third-order valence-corrected chi connectivity index (χ3v) is 2.16. The second-order valence-electron chi connectivity index (χ2n) is 3.14. The molecule has 0 aliphatic rings. The van der Waals surface area contributed by atoms with Gasteiger partial charge in [-0.15, -0.1) is 0 Å². The lowest BCUT2D eigenvalue weighted by Gasteiger charge is -2.06. The van der Waals surface area contributed by atoms with Crippen molar-refractivity contribution in [3.8, 4) is 0 Å². The lowest BCUT2D eigenvalue weighted by molar-refractivity contribution is 0.0903. The fourth-order valence-electron chi connectivity index (χ4n) is 1.16. The van der Waals surface area contributed by atoms with Gasteiger partial charge in [0, 0.05) is 7.11 Å². The van der Waals surface area contributed by atoms with E-state index in [-0.39, 0.29) is 12.1 Å². The first-order valence-corrected chi connectivity index (χ1v) is 4.84. The van der Waals surface area contributed by atoms with Crippen LogP contribution in [0, 0.1) is 0 Å². The molecular formula is C9H17N3O2. The van der Waals surface area contributed by atoms with Crippen LogP contribution < -0.4 is 5.73 Å². The molecule has 0 aromatic carbocycles. The van der Waals surface area contributed by atoms with Crippen molar-refractivity contribution in [3.05, 3.63) is 11.7 Å². The number of ether oxygens (including phenoxy) is 1. The molecule has 0 bridgehead atoms. The monoisotopic (exact) mass is 199 g/mol. The van der Waals surface area contributed by atoms with Crippen molar-refractivity contribution in [1.29, 1.82) is 0 Å². The molecule has 0 aliphatic heterocycles. The Kier molecular flexibility index (Phi) is 4.03. The highest BCUT2D eigenvalue weighted by Crippen LogP contribution is 2.19. The summed E-state index contributed by atoms with van der Waals surface area (Å²) >= 11 is 0. The molecule has 14 heavy (non-hydrogen) atoms. The fourth-order valence-corrected chi connectivity index (χ4v) is 1.16. The van der Waals surface area contributed by atoms with Crippen LogP contribution in [-0.4, -0.2) is 17.3 Å². The maximum absolute atomic E-state index is 5.75. The quantitative estimate of drug-likeness (QED) is 0.779. The van der Waals surface area contributed by atoms with Crippen LogP contribution in [0.5, 0.6) is 0 Å². The smallest absolute Gasteiger partial charge is 0.243 e. The average Bonchev–Trinajstić information content (AvgIpc) is 2.68. The predicted octanol–water partition coefficient (Wildman–Crippen LogP) is 1.58. The molecule has 2 N–H and O–H groups in total. The van der Waals surface area contributed by atoms with Crippen LogP contribution >= 0.6 is 0 Å². The SMILES string of the molecule is CCC(OC)c1noc([C@@H](N)CC)n1. The molecule has 5 nitrogen and oxygen atoms in total. The van der Waals surface area contributed by atoms with Crippen LogP contribution in [0.2, 0.25) is 0 Å². The van der Waals surface area contributed by atoms with Gasteiger partial charge in [0.15, 0.2) is 0 Å². The maximum Gasteiger partial charge on any atom is 0.243 e. The summed E-state index contributed by atoms with van der Waals surface area (Å²) in [5.41, 5.74) is 5.75. The standard InChI is InChI=1S/C9H17N3O2/c1-4-6(10)9-11-8(12-14-9)7(5-2)13-3/h6-7H,4-5,10H2,1-3H3/t6-,7?/m0/s1. The summed E-state index contributed by atoms with van der Waals surface area (Å²) < 4.78 is 10.2. The van der Waals surface area contributed by atoms with E-state index in [0.717, 1.165) is 12.8 Å². The molecule has 5 heteroatoms. The molecule has 0 spiro atoms. The van der Waals surface area contributed by atoms with Crippen molar-refractivity contribution in [1.82, 2.24) is 10.1 Å². The van der Waals surface area contributed by atoms with E-state index in [1.54, 1.807) is 7.11 Å². The van der Waals surface area contributed by atoms with E-state index in [0.29, 0.717) is 11.7 Å². The first-order valence-electron chi connectivity index (χ1n) is 4.84. The first-order chi connectivity index (χ1) is 6.72. The Bertz CT molecular complexity index is 271. The van der Waals surface area contributed by atoms with Crippen molar-refractivity contribution >= 4 is 0 Å². The summed E-state index contributed by atoms with van der Waals surface area (Å²) in [5, 5.41) is 3.84. The van der Waals surface area contributed by atoms with Gasteiger partial charge in [0.25, 0.3) is 0 Å². The minimum absolute atomic E-state index is 0.100. The van der Waals surface area contributed by atoms with Gasteiger partial charge in [-0.25, -0.2) is 0 Å². The van der Waals surface area contributed by atoms with Gasteiger partial charge < -0.3 is 15.0 Å². The predicted molar refractivity (Wildman–Crippen MR) is 51.6 cm³/mol. The summed E-state index contributed by atoms with van der Waals surface area (Å²) in [7, 11) is 1.63. The number of hydrogen-bond donors (Lipinski definition) is 1. The summed E-state index contributed by atoms with van der Waals surface area (Å²) in [4.78, 5) is 4.20. The van der Waals surface area contributed by atoms with E-state index in [1.807, 2.05) is 13.8 Å². The zero-order valence-corrected chi connectivity index (χ0v) is 8.86. The third kappa shape index (κ3) is 2.30. The molecule has 0 saturated carbocycles. The largest absolute Gasteiger partial charge is 0.373 e. The number of nitrogens with zero attached hydrogens (tertiary/aromatic N) is 2. The summed E-state index contributed by atoms with van der Waals surface area (Å²) in [5.74, 6) is 1.06. The zero-order chi connectivity index (χ0) is 10.6. The van der Waals surface area contributed by atoms with Gasteiger partial charge in [-0.05, 0) is 12.8 Å². The maximum atomic E-state index is 5.75. The van der Waals surface area contributed by atoms with E-state index in [2.05, 4.69) is 10.1 Å². The number of aromatic nitrogens is 2. The minimum Gasteiger partial charge on any atom is -0.373 e. The molecular weight excluding hydrogens is 182 g/mol. The van der Waals surface area contributed by atoms with Crippen LogP contribution in [-0.2, 0) is 4.74 Å². The van der Waals surface area contributed by atoms with Gasteiger partial charge in [0.2, 0.25) is 11.7 Å². The second kappa shape index (κ2) is 5.07. The highest BCUT2D eigenvalue weighted by atomic mass is 16.5. The van der Waals surface area contributed by atoms with Crippen LogP contribution in [0.4, 0.5) is 0 Å². The van der Waals surface area contributed by atoms with Gasteiger partial charge in [0.05, 0.1) is 6.04 Å². The molecule has 1 unspecified atom stereocenters. The molecule has 0 saturated heterocycles. The molecule has 1 rings (SSSR count). The van der Waals surface area contributed by atoms with Crippen LogP contribution in [0.15, 0.2) is 4.52 Å². The molecule has 0 amide bonds. The number of nitrogens with two attached hydrogens (primary N) is 1. The van der Waals surface area contributed by atoms with Crippen molar-refractivity contribution in [2.24, 2.45) is 5.73 Å². The van der Waals surface area contributed by atoms with Crippen LogP contribution in [0.25, 0.3) is 0 Å². The molecule has 1 aromatic rings. The molecule has 0 fully saturated rings. The van der Waals surface area contributed by atoms with E-state index in [1.165, 1.54) is 0 Å². The summed E-state index contributed by atoms with van der Waals surface area (Å²) in [6, 6.07) is -0.175. The Hall–Kier alpha value is -0.940. The van der Waals surface area contributed by atoms with Crippen molar-refractivity contribution in [2.45, 2.75) is 38.8 Å². The fraction of sp³-hybridized carbons (Fsp3) is 0.778. The van der Waals surface area contributed by atoms with Crippen LogP contribution in [0.3, 0.4) is 0 Å². The Balaban J connectivity index is 2.76. The molecule has 2 atom stereocenters. The van der Waals surface area contributed by atoms with Gasteiger partial charge in [-0.2, -0.15) is 4.98 Å². The van der Waals surface area contributed by atoms with Gasteiger partial charge in [0.1, 0.15) is 6.10 Å². The number of methoxy groups -OCH3 is 1.